The molecule has 14 heteroatoms. The number of ether oxygens (including phenoxy) is 5. The van der Waals surface area contributed by atoms with Crippen molar-refractivity contribution in [2.24, 2.45) is 0 Å². The van der Waals surface area contributed by atoms with Crippen molar-refractivity contribution in [2.75, 3.05) is 20.3 Å². The molecular formula is C33H54O14. The van der Waals surface area contributed by atoms with Gasteiger partial charge in [-0.25, -0.2) is 4.79 Å². The molecule has 0 aromatic carbocycles. The molecule has 0 amide bonds. The Morgan fingerprint density at radius 2 is 1.45 bits per heavy atom. The monoisotopic (exact) mass is 674 g/mol. The zero-order chi connectivity index (χ0) is 35.5. The fraction of sp³-hybridized carbons (Fsp3) is 0.727. The second-order valence-electron chi connectivity index (χ2n) is 12.4. The van der Waals surface area contributed by atoms with Gasteiger partial charge in [-0.2, -0.15) is 0 Å². The summed E-state index contributed by atoms with van der Waals surface area (Å²) in [4.78, 5) is 11.5. The zero-order valence-electron chi connectivity index (χ0n) is 27.8. The van der Waals surface area contributed by atoms with Crippen LogP contribution in [0.3, 0.4) is 0 Å². The highest BCUT2D eigenvalue weighted by molar-refractivity contribution is 5.87. The molecule has 0 aromatic heterocycles. The van der Waals surface area contributed by atoms with Gasteiger partial charge in [0.05, 0.1) is 32.0 Å². The standard InChI is InChI=1S/C33H54O14/c1-7-33(5,13-9-12-18(2)10-8-11-19(3)14-21(36)15-20(4)30(42)43-6)47-32-29(27(40)25(38)23(17-35)45-32)46-31-28(41)26(39)24(37)22(16-34)44-31/h7,11-12,15,21-29,31-32,34-41H,1,8-10,13-14,16-17H2,2-6H3/b18-12+,19-11+,20-15+/t21?,22-,23-,24-,25-,26+,27+,28-,29-,31+,32+,33-/m1/s1. The van der Waals surface area contributed by atoms with E-state index in [0.717, 1.165) is 24.0 Å². The van der Waals surface area contributed by atoms with Crippen LogP contribution >= 0.6 is 0 Å². The molecule has 0 radical (unpaired) electrons. The lowest BCUT2D eigenvalue weighted by Gasteiger charge is -2.47. The molecule has 0 aliphatic carbocycles. The first kappa shape index (κ1) is 41.1. The zero-order valence-corrected chi connectivity index (χ0v) is 27.8. The number of aliphatic hydroxyl groups is 8. The second-order valence-corrected chi connectivity index (χ2v) is 12.4. The fourth-order valence-electron chi connectivity index (χ4n) is 5.35. The average molecular weight is 675 g/mol. The van der Waals surface area contributed by atoms with E-state index in [2.05, 4.69) is 11.3 Å². The van der Waals surface area contributed by atoms with E-state index in [1.807, 2.05) is 26.0 Å². The molecule has 270 valence electrons. The normalized spacial score (nSPS) is 34.4. The van der Waals surface area contributed by atoms with Gasteiger partial charge >= 0.3 is 5.97 Å². The first-order chi connectivity index (χ1) is 22.1. The summed E-state index contributed by atoms with van der Waals surface area (Å²) in [5.41, 5.74) is 1.38. The number of hydrogen-bond acceptors (Lipinski definition) is 14. The summed E-state index contributed by atoms with van der Waals surface area (Å²) in [5.74, 6) is -0.484. The van der Waals surface area contributed by atoms with Gasteiger partial charge in [0.2, 0.25) is 0 Å². The first-order valence-electron chi connectivity index (χ1n) is 15.8. The van der Waals surface area contributed by atoms with Crippen molar-refractivity contribution in [3.63, 3.8) is 0 Å². The molecule has 47 heavy (non-hydrogen) atoms. The van der Waals surface area contributed by atoms with E-state index in [1.165, 1.54) is 13.2 Å². The molecule has 8 N–H and O–H groups in total. The molecule has 2 rings (SSSR count). The number of methoxy groups -OCH3 is 1. The Kier molecular flexibility index (Phi) is 16.8. The maximum atomic E-state index is 11.5. The molecule has 0 spiro atoms. The van der Waals surface area contributed by atoms with Gasteiger partial charge in [-0.1, -0.05) is 29.4 Å². The van der Waals surface area contributed by atoms with Gasteiger partial charge in [0, 0.05) is 5.57 Å². The average Bonchev–Trinajstić information content (AvgIpc) is 3.03. The van der Waals surface area contributed by atoms with Gasteiger partial charge in [0.1, 0.15) is 48.8 Å². The largest absolute Gasteiger partial charge is 0.466 e. The van der Waals surface area contributed by atoms with Gasteiger partial charge in [0.15, 0.2) is 12.6 Å². The van der Waals surface area contributed by atoms with Crippen molar-refractivity contribution in [2.45, 2.75) is 133 Å². The highest BCUT2D eigenvalue weighted by atomic mass is 16.8. The van der Waals surface area contributed by atoms with Crippen molar-refractivity contribution < 1.29 is 69.3 Å². The Bertz CT molecular complexity index is 1090. The van der Waals surface area contributed by atoms with Gasteiger partial charge < -0.3 is 64.5 Å². The lowest BCUT2D eigenvalue weighted by molar-refractivity contribution is -0.375. The predicted octanol–water partition coefficient (Wildman–Crippen LogP) is -0.105. The Balaban J connectivity index is 2.04. The van der Waals surface area contributed by atoms with Crippen LogP contribution in [0.2, 0.25) is 0 Å². The Morgan fingerprint density at radius 3 is 2.02 bits per heavy atom. The van der Waals surface area contributed by atoms with Crippen LogP contribution in [0, 0.1) is 0 Å². The molecule has 1 unspecified atom stereocenters. The first-order valence-corrected chi connectivity index (χ1v) is 15.8. The Labute approximate surface area is 276 Å². The summed E-state index contributed by atoms with van der Waals surface area (Å²) in [5, 5.41) is 81.6. The highest BCUT2D eigenvalue weighted by Crippen LogP contribution is 2.33. The number of rotatable bonds is 17. The van der Waals surface area contributed by atoms with Crippen molar-refractivity contribution in [1.29, 1.82) is 0 Å². The van der Waals surface area contributed by atoms with Crippen molar-refractivity contribution in [1.82, 2.24) is 0 Å². The van der Waals surface area contributed by atoms with Crippen LogP contribution in [0.25, 0.3) is 0 Å². The molecule has 2 heterocycles. The van der Waals surface area contributed by atoms with Crippen LogP contribution in [0.4, 0.5) is 0 Å². The molecule has 2 fully saturated rings. The summed E-state index contributed by atoms with van der Waals surface area (Å²) in [6, 6.07) is 0. The quantitative estimate of drug-likeness (QED) is 0.0573. The van der Waals surface area contributed by atoms with E-state index < -0.39 is 92.3 Å². The molecule has 14 nitrogen and oxygen atoms in total. The third-order valence-corrected chi connectivity index (χ3v) is 8.43. The summed E-state index contributed by atoms with van der Waals surface area (Å²) in [7, 11) is 1.29. The molecule has 2 aliphatic rings. The van der Waals surface area contributed by atoms with E-state index in [9.17, 15) is 45.6 Å². The minimum absolute atomic E-state index is 0.343. The number of allylic oxidation sites excluding steroid dienone is 3. The van der Waals surface area contributed by atoms with Gasteiger partial charge in [-0.15, -0.1) is 6.58 Å². The second kappa shape index (κ2) is 19.2. The van der Waals surface area contributed by atoms with Gasteiger partial charge in [-0.05, 0) is 65.9 Å². The van der Waals surface area contributed by atoms with E-state index in [1.54, 1.807) is 19.9 Å². The van der Waals surface area contributed by atoms with Gasteiger partial charge in [0.25, 0.3) is 0 Å². The van der Waals surface area contributed by atoms with Crippen molar-refractivity contribution in [3.8, 4) is 0 Å². The topological polar surface area (TPSA) is 225 Å². The van der Waals surface area contributed by atoms with Crippen LogP contribution < -0.4 is 0 Å². The lowest BCUT2D eigenvalue weighted by atomic mass is 9.95. The molecule has 2 saturated heterocycles. The van der Waals surface area contributed by atoms with Gasteiger partial charge in [-0.3, -0.25) is 0 Å². The number of esters is 1. The van der Waals surface area contributed by atoms with Crippen LogP contribution in [-0.2, 0) is 28.5 Å². The lowest BCUT2D eigenvalue weighted by Crippen LogP contribution is -2.65. The van der Waals surface area contributed by atoms with Crippen molar-refractivity contribution >= 4 is 5.97 Å². The molecule has 0 aromatic rings. The van der Waals surface area contributed by atoms with Crippen LogP contribution in [0.1, 0.15) is 59.8 Å². The third-order valence-electron chi connectivity index (χ3n) is 8.43. The predicted molar refractivity (Wildman–Crippen MR) is 168 cm³/mol. The molecule has 0 bridgehead atoms. The maximum Gasteiger partial charge on any atom is 0.333 e. The Hall–Kier alpha value is -2.05. The van der Waals surface area contributed by atoms with Crippen LogP contribution in [0.15, 0.2) is 47.6 Å². The molecule has 0 saturated carbocycles. The van der Waals surface area contributed by atoms with Crippen molar-refractivity contribution in [3.05, 3.63) is 47.6 Å². The number of aliphatic hydroxyl groups excluding tert-OH is 8. The van der Waals surface area contributed by atoms with Crippen LogP contribution in [0.5, 0.6) is 0 Å². The molecule has 2 aliphatic heterocycles. The summed E-state index contributed by atoms with van der Waals surface area (Å²) >= 11 is 0. The SMILES string of the molecule is C=C[C@](C)(CC/C=C(\C)CC/C=C(\C)CC(O)/C=C(\C)C(=O)OC)O[C@@H]1O[C@H](CO)[C@@H](O)[C@H](O)[C@H]1O[C@@H]1O[C@H](CO)[C@@H](O)[C@H](O)[C@H]1O. The maximum absolute atomic E-state index is 11.5. The summed E-state index contributed by atoms with van der Waals surface area (Å²) in [6.45, 7) is 9.75. The molecule has 12 atom stereocenters. The highest BCUT2D eigenvalue weighted by Gasteiger charge is 2.51. The Morgan fingerprint density at radius 1 is 0.872 bits per heavy atom. The van der Waals surface area contributed by atoms with E-state index >= 15 is 0 Å². The molecular weight excluding hydrogens is 620 g/mol. The van der Waals surface area contributed by atoms with Crippen LogP contribution in [-0.4, -0.2) is 140 Å². The minimum Gasteiger partial charge on any atom is -0.466 e. The summed E-state index contributed by atoms with van der Waals surface area (Å²) in [6.07, 6.45) is -6.28. The van der Waals surface area contributed by atoms with E-state index in [4.69, 9.17) is 18.9 Å². The van der Waals surface area contributed by atoms with E-state index in [0.29, 0.717) is 24.8 Å². The fourth-order valence-corrected chi connectivity index (χ4v) is 5.35. The minimum atomic E-state index is -1.77. The number of carbonyl (C=O) groups excluding carboxylic acids is 1. The summed E-state index contributed by atoms with van der Waals surface area (Å²) < 4.78 is 27.8. The number of hydrogen-bond donors (Lipinski definition) is 8. The number of carbonyl (C=O) groups is 1. The smallest absolute Gasteiger partial charge is 0.333 e. The third kappa shape index (κ3) is 11.8. The van der Waals surface area contributed by atoms with E-state index in [-0.39, 0.29) is 0 Å².